The molecule has 0 aliphatic carbocycles. The van der Waals surface area contributed by atoms with E-state index in [1.807, 2.05) is 9.95 Å². The van der Waals surface area contributed by atoms with Crippen LogP contribution < -0.4 is 5.32 Å². The fourth-order valence-electron chi connectivity index (χ4n) is 3.08. The predicted octanol–water partition coefficient (Wildman–Crippen LogP) is 2.65. The molecular weight excluding hydrogens is 424 g/mol. The summed E-state index contributed by atoms with van der Waals surface area (Å²) in [6.07, 6.45) is 2.17. The number of carbonyl (C=O) groups excluding carboxylic acids is 3. The molecule has 4 rings (SSSR count). The van der Waals surface area contributed by atoms with Gasteiger partial charge in [0.15, 0.2) is 9.90 Å². The summed E-state index contributed by atoms with van der Waals surface area (Å²) in [6, 6.07) is 4.43. The standard InChI is InChI=1S/C19H16N6O3S2/c1-3-6-25-14(22-23-19(25)29)8-11-9-30-18(20-11)21-15(26)10-4-5-12-13(7-10)17(28)24(2)16(12)27/h3-5,7,9H,1,6,8H2,2H3,(H,23,29)(H,20,21,26). The first kappa shape index (κ1) is 19.9. The Hall–Kier alpha value is -3.44. The van der Waals surface area contributed by atoms with Crippen molar-refractivity contribution in [2.45, 2.75) is 13.0 Å². The van der Waals surface area contributed by atoms with Gasteiger partial charge in [0.2, 0.25) is 0 Å². The van der Waals surface area contributed by atoms with E-state index in [1.54, 1.807) is 6.08 Å². The van der Waals surface area contributed by atoms with Crippen LogP contribution in [0.2, 0.25) is 0 Å². The zero-order valence-corrected chi connectivity index (χ0v) is 17.5. The number of hydrogen-bond donors (Lipinski definition) is 2. The van der Waals surface area contributed by atoms with Gasteiger partial charge in [-0.05, 0) is 30.4 Å². The van der Waals surface area contributed by atoms with Gasteiger partial charge in [-0.15, -0.1) is 17.9 Å². The second-order valence-electron chi connectivity index (χ2n) is 6.55. The molecule has 0 radical (unpaired) electrons. The molecule has 0 fully saturated rings. The van der Waals surface area contributed by atoms with Crippen molar-refractivity contribution in [3.63, 3.8) is 0 Å². The molecule has 1 aromatic carbocycles. The Morgan fingerprint density at radius 3 is 2.87 bits per heavy atom. The number of anilines is 1. The topological polar surface area (TPSA) is 113 Å². The number of imide groups is 1. The average Bonchev–Trinajstić information content (AvgIpc) is 3.38. The van der Waals surface area contributed by atoms with E-state index < -0.39 is 11.8 Å². The van der Waals surface area contributed by atoms with Gasteiger partial charge in [0.05, 0.1) is 23.2 Å². The van der Waals surface area contributed by atoms with E-state index in [1.165, 1.54) is 36.6 Å². The Bertz CT molecular complexity index is 1260. The van der Waals surface area contributed by atoms with Crippen LogP contribution in [-0.4, -0.2) is 49.4 Å². The van der Waals surface area contributed by atoms with Crippen LogP contribution in [0.3, 0.4) is 0 Å². The third-order valence-corrected chi connectivity index (χ3v) is 5.73. The summed E-state index contributed by atoms with van der Waals surface area (Å²) >= 11 is 6.48. The number of nitrogens with one attached hydrogen (secondary N) is 2. The van der Waals surface area contributed by atoms with Crippen molar-refractivity contribution in [2.75, 3.05) is 12.4 Å². The third kappa shape index (κ3) is 3.48. The Kier molecular flexibility index (Phi) is 5.14. The Morgan fingerprint density at radius 2 is 2.10 bits per heavy atom. The lowest BCUT2D eigenvalue weighted by Crippen LogP contribution is -2.24. The van der Waals surface area contributed by atoms with E-state index in [2.05, 4.69) is 27.1 Å². The number of allylic oxidation sites excluding steroid dienone is 1. The highest BCUT2D eigenvalue weighted by molar-refractivity contribution is 7.71. The van der Waals surface area contributed by atoms with Gasteiger partial charge in [-0.2, -0.15) is 5.10 Å². The lowest BCUT2D eigenvalue weighted by molar-refractivity contribution is 0.0693. The van der Waals surface area contributed by atoms with Gasteiger partial charge in [0.1, 0.15) is 5.82 Å². The van der Waals surface area contributed by atoms with Gasteiger partial charge < -0.3 is 0 Å². The van der Waals surface area contributed by atoms with Crippen molar-refractivity contribution in [3.8, 4) is 0 Å². The van der Waals surface area contributed by atoms with E-state index in [0.29, 0.717) is 34.3 Å². The molecule has 1 aliphatic heterocycles. The smallest absolute Gasteiger partial charge is 0.261 e. The molecule has 0 unspecified atom stereocenters. The maximum absolute atomic E-state index is 12.6. The molecule has 2 N–H and O–H groups in total. The molecule has 3 aromatic rings. The lowest BCUT2D eigenvalue weighted by Gasteiger charge is -2.04. The number of hydrogen-bond acceptors (Lipinski definition) is 7. The number of aromatic nitrogens is 4. The van der Waals surface area contributed by atoms with E-state index in [-0.39, 0.29) is 17.0 Å². The van der Waals surface area contributed by atoms with Crippen molar-refractivity contribution in [1.29, 1.82) is 0 Å². The Morgan fingerprint density at radius 1 is 1.33 bits per heavy atom. The molecule has 2 aromatic heterocycles. The molecule has 0 saturated carbocycles. The number of fused-ring (bicyclic) bond motifs is 1. The van der Waals surface area contributed by atoms with Crippen LogP contribution in [0, 0.1) is 4.77 Å². The molecule has 3 heterocycles. The monoisotopic (exact) mass is 440 g/mol. The van der Waals surface area contributed by atoms with Gasteiger partial charge in [-0.1, -0.05) is 6.08 Å². The number of nitrogens with zero attached hydrogens (tertiary/aromatic N) is 4. The second-order valence-corrected chi connectivity index (χ2v) is 7.79. The number of thiazole rings is 1. The first-order valence-corrected chi connectivity index (χ1v) is 10.1. The molecule has 1 aliphatic rings. The number of carbonyl (C=O) groups is 3. The first-order valence-electron chi connectivity index (χ1n) is 8.86. The summed E-state index contributed by atoms with van der Waals surface area (Å²) in [7, 11) is 1.41. The summed E-state index contributed by atoms with van der Waals surface area (Å²) in [5, 5.41) is 11.9. The van der Waals surface area contributed by atoms with Crippen molar-refractivity contribution < 1.29 is 14.4 Å². The van der Waals surface area contributed by atoms with Crippen LogP contribution in [0.1, 0.15) is 42.6 Å². The predicted molar refractivity (Wildman–Crippen MR) is 113 cm³/mol. The molecule has 9 nitrogen and oxygen atoms in total. The van der Waals surface area contributed by atoms with Gasteiger partial charge in [0, 0.05) is 24.5 Å². The summed E-state index contributed by atoms with van der Waals surface area (Å²) in [5.74, 6) is -0.494. The molecule has 3 amide bonds. The molecular formula is C19H16N6O3S2. The minimum absolute atomic E-state index is 0.222. The largest absolute Gasteiger partial charge is 0.300 e. The highest BCUT2D eigenvalue weighted by Crippen LogP contribution is 2.24. The number of H-pyrrole nitrogens is 1. The summed E-state index contributed by atoms with van der Waals surface area (Å²) in [4.78, 5) is 42.2. The molecule has 0 spiro atoms. The summed E-state index contributed by atoms with van der Waals surface area (Å²) in [5.41, 5.74) is 1.52. The summed E-state index contributed by atoms with van der Waals surface area (Å²) < 4.78 is 2.32. The minimum Gasteiger partial charge on any atom is -0.300 e. The van der Waals surface area contributed by atoms with Gasteiger partial charge in [-0.3, -0.25) is 34.3 Å². The number of aromatic amines is 1. The second kappa shape index (κ2) is 7.76. The van der Waals surface area contributed by atoms with Crippen LogP contribution in [0.15, 0.2) is 36.2 Å². The van der Waals surface area contributed by atoms with Crippen molar-refractivity contribution in [2.24, 2.45) is 0 Å². The average molecular weight is 441 g/mol. The van der Waals surface area contributed by atoms with Gasteiger partial charge in [-0.25, -0.2) is 4.98 Å². The highest BCUT2D eigenvalue weighted by Gasteiger charge is 2.33. The first-order chi connectivity index (χ1) is 14.4. The third-order valence-electron chi connectivity index (χ3n) is 4.61. The van der Waals surface area contributed by atoms with E-state index in [4.69, 9.17) is 12.2 Å². The maximum Gasteiger partial charge on any atom is 0.261 e. The fourth-order valence-corrected chi connectivity index (χ4v) is 4.01. The number of amides is 3. The zero-order chi connectivity index (χ0) is 21.4. The highest BCUT2D eigenvalue weighted by atomic mass is 32.1. The lowest BCUT2D eigenvalue weighted by atomic mass is 10.1. The molecule has 0 saturated heterocycles. The SMILES string of the molecule is C=CCn1c(Cc2csc(NC(=O)c3ccc4c(c3)C(=O)N(C)C4=O)n2)n[nH]c1=S. The fraction of sp³-hybridized carbons (Fsp3) is 0.158. The van der Waals surface area contributed by atoms with Crippen LogP contribution in [0.4, 0.5) is 5.13 Å². The van der Waals surface area contributed by atoms with Crippen molar-refractivity contribution >= 4 is 46.4 Å². The maximum atomic E-state index is 12.6. The normalized spacial score (nSPS) is 12.9. The number of benzene rings is 1. The summed E-state index contributed by atoms with van der Waals surface area (Å²) in [6.45, 7) is 4.25. The molecule has 0 bridgehead atoms. The van der Waals surface area contributed by atoms with E-state index in [9.17, 15) is 14.4 Å². The molecule has 11 heteroatoms. The quantitative estimate of drug-likeness (QED) is 0.346. The Labute approximate surface area is 180 Å². The van der Waals surface area contributed by atoms with Crippen LogP contribution in [0.25, 0.3) is 0 Å². The van der Waals surface area contributed by atoms with E-state index in [0.717, 1.165) is 10.6 Å². The van der Waals surface area contributed by atoms with E-state index >= 15 is 0 Å². The van der Waals surface area contributed by atoms with Crippen LogP contribution in [-0.2, 0) is 13.0 Å². The number of rotatable bonds is 6. The zero-order valence-electron chi connectivity index (χ0n) is 15.8. The van der Waals surface area contributed by atoms with Gasteiger partial charge >= 0.3 is 0 Å². The van der Waals surface area contributed by atoms with Gasteiger partial charge in [0.25, 0.3) is 17.7 Å². The Balaban J connectivity index is 1.49. The van der Waals surface area contributed by atoms with Crippen molar-refractivity contribution in [1.82, 2.24) is 24.6 Å². The van der Waals surface area contributed by atoms with Crippen LogP contribution in [0.5, 0.6) is 0 Å². The van der Waals surface area contributed by atoms with Crippen LogP contribution >= 0.6 is 23.6 Å². The molecule has 0 atom stereocenters. The minimum atomic E-state index is -0.422. The molecule has 30 heavy (non-hydrogen) atoms. The molecule has 152 valence electrons. The van der Waals surface area contributed by atoms with Crippen molar-refractivity contribution in [3.05, 3.63) is 69.2 Å².